The summed E-state index contributed by atoms with van der Waals surface area (Å²) in [5, 5.41) is 17.8. The number of nitrogen functional groups attached to an aromatic ring is 3. The Morgan fingerprint density at radius 3 is 1.04 bits per heavy atom. The summed E-state index contributed by atoms with van der Waals surface area (Å²) >= 11 is 3.86. The van der Waals surface area contributed by atoms with Gasteiger partial charge in [0, 0.05) is 117 Å². The zero-order valence-electron chi connectivity index (χ0n) is 75.8. The number of hydrogen-bond acceptors (Lipinski definition) is 22. The minimum Gasteiger partial charge on any atom is -0.457 e. The number of piperidine rings is 3. The molecule has 30 heteroatoms. The van der Waals surface area contributed by atoms with E-state index in [1.165, 1.54) is 51.5 Å². The minimum atomic E-state index is -1.17. The molecule has 2 aliphatic carbocycles. The van der Waals surface area contributed by atoms with E-state index in [0.29, 0.717) is 62.8 Å². The van der Waals surface area contributed by atoms with Crippen LogP contribution in [0.2, 0.25) is 6.82 Å². The number of aromatic nitrogens is 9. The zero-order chi connectivity index (χ0) is 91.8. The van der Waals surface area contributed by atoms with Crippen molar-refractivity contribution in [1.29, 1.82) is 0 Å². The van der Waals surface area contributed by atoms with Gasteiger partial charge in [0.2, 0.25) is 5.91 Å². The fourth-order valence-corrected chi connectivity index (χ4v) is 17.4. The number of halogens is 1. The number of carbonyl (C=O) groups excluding carboxylic acids is 4. The monoisotopic (exact) mass is 1810 g/mol. The largest absolute Gasteiger partial charge is 0.457 e. The van der Waals surface area contributed by atoms with Crippen LogP contribution in [-0.2, 0) is 19.1 Å². The molecule has 3 aliphatic heterocycles. The number of para-hydroxylation sites is 3. The summed E-state index contributed by atoms with van der Waals surface area (Å²) in [6.45, 7) is 24.0. The Hall–Kier alpha value is -12.5. The number of hydrogen-bond donors (Lipinski definition) is 5. The molecule has 5 aliphatic rings. The number of likely N-dealkylation sites (N-methyl/N-ethyl adjacent to an activating group) is 2. The van der Waals surface area contributed by atoms with Crippen LogP contribution in [0.25, 0.3) is 66.5 Å². The van der Waals surface area contributed by atoms with Crippen LogP contribution >= 0.6 is 15.9 Å². The molecule has 0 unspecified atom stereocenters. The van der Waals surface area contributed by atoms with Crippen LogP contribution in [0.15, 0.2) is 212 Å². The molecule has 8 N–H and O–H groups in total. The number of nitrogens with zero attached hydrogens (tertiary/aromatic N) is 14. The van der Waals surface area contributed by atoms with Crippen LogP contribution in [0.3, 0.4) is 0 Å². The van der Waals surface area contributed by atoms with Crippen molar-refractivity contribution in [3.63, 3.8) is 0 Å². The van der Waals surface area contributed by atoms with Gasteiger partial charge in [-0.3, -0.25) is 19.4 Å². The molecule has 17 rings (SSSR count). The van der Waals surface area contributed by atoms with Crippen LogP contribution in [0.1, 0.15) is 142 Å². The Morgan fingerprint density at radius 1 is 0.434 bits per heavy atom. The van der Waals surface area contributed by atoms with Gasteiger partial charge in [-0.2, -0.15) is 0 Å². The third-order valence-electron chi connectivity index (χ3n) is 23.1. The molecule has 6 aromatic carbocycles. The van der Waals surface area contributed by atoms with Crippen molar-refractivity contribution in [3.8, 4) is 67.9 Å². The van der Waals surface area contributed by atoms with Crippen LogP contribution < -0.4 is 31.4 Å². The number of allylic oxidation sites excluding steroid dienone is 1. The normalized spacial score (nSPS) is 15.2. The SMILES string of the molecule is CB(O)O.CC(=O)/C=C/CN(C)C1CC1.CC(C)(C)OC(=O)N1CCC(n2c(Br)c(-c3ccc(Oc4ccccc4)cc3)c3c(N)ncnc32)CC1.Cc1c(-c2ccc(Oc3ccccc3)cc2)c2c(N)ncnc2n1C1CCN(C(=O)/C=C/CN(C)C2CC2)CC1.Cc1c(-c2ccc(Oc3ccccc3)cc2)c2c(N)ncnc2n1C1CCN(C(=O)OC(C)(C)C)CC1. The van der Waals surface area contributed by atoms with E-state index >= 15 is 0 Å². The lowest BCUT2D eigenvalue weighted by Crippen LogP contribution is -2.42. The minimum absolute atomic E-state index is 0.0989. The molecule has 12 aromatic rings. The van der Waals surface area contributed by atoms with Crippen LogP contribution in [0, 0.1) is 13.8 Å². The van der Waals surface area contributed by atoms with Gasteiger partial charge >= 0.3 is 19.3 Å². The molecular formula is C99H119BBrN17O11. The fourth-order valence-electron chi connectivity index (χ4n) is 16.6. The highest BCUT2D eigenvalue weighted by atomic mass is 79.9. The van der Waals surface area contributed by atoms with Gasteiger partial charge in [-0.15, -0.1) is 0 Å². The first-order valence-corrected chi connectivity index (χ1v) is 45.0. The van der Waals surface area contributed by atoms with Crippen molar-refractivity contribution in [2.45, 2.75) is 175 Å². The van der Waals surface area contributed by atoms with E-state index in [4.69, 9.17) is 50.9 Å². The van der Waals surface area contributed by atoms with Gasteiger partial charge in [0.25, 0.3) is 0 Å². The molecule has 2 saturated carbocycles. The Bertz CT molecular complexity index is 5630. The van der Waals surface area contributed by atoms with E-state index in [1.807, 2.05) is 210 Å². The lowest BCUT2D eigenvalue weighted by atomic mass is 9.99. The summed E-state index contributed by atoms with van der Waals surface area (Å²) in [4.78, 5) is 85.4. The Kier molecular flexibility index (Phi) is 31.1. The van der Waals surface area contributed by atoms with Crippen molar-refractivity contribution >= 4 is 97.5 Å². The molecule has 129 heavy (non-hydrogen) atoms. The highest BCUT2D eigenvalue weighted by molar-refractivity contribution is 9.10. The van der Waals surface area contributed by atoms with Crippen LogP contribution in [-0.4, -0.2) is 199 Å². The molecule has 5 fully saturated rings. The van der Waals surface area contributed by atoms with Gasteiger partial charge in [0.1, 0.15) is 99.1 Å². The summed E-state index contributed by atoms with van der Waals surface area (Å²) < 4.78 is 36.7. The van der Waals surface area contributed by atoms with E-state index in [1.54, 1.807) is 28.9 Å². The van der Waals surface area contributed by atoms with Crippen molar-refractivity contribution in [3.05, 3.63) is 223 Å². The lowest BCUT2D eigenvalue weighted by molar-refractivity contribution is -0.127. The third-order valence-corrected chi connectivity index (χ3v) is 23.9. The first-order chi connectivity index (χ1) is 61.8. The topological polar surface area (TPSA) is 341 Å². The predicted molar refractivity (Wildman–Crippen MR) is 512 cm³/mol. The molecule has 0 atom stereocenters. The number of carbonyl (C=O) groups is 4. The van der Waals surface area contributed by atoms with Gasteiger partial charge in [-0.05, 0) is 259 Å². The number of ether oxygens (including phenoxy) is 5. The number of rotatable bonds is 20. The number of anilines is 3. The second-order valence-corrected chi connectivity index (χ2v) is 36.0. The van der Waals surface area contributed by atoms with Gasteiger partial charge in [-0.25, -0.2) is 39.5 Å². The average molecular weight is 1810 g/mol. The van der Waals surface area contributed by atoms with Crippen LogP contribution in [0.5, 0.6) is 34.5 Å². The third kappa shape index (κ3) is 24.7. The smallest absolute Gasteiger partial charge is 0.448 e. The summed E-state index contributed by atoms with van der Waals surface area (Å²) in [5.41, 5.74) is 28.9. The quantitative estimate of drug-likeness (QED) is 0.0349. The Morgan fingerprint density at radius 2 is 0.721 bits per heavy atom. The zero-order valence-corrected chi connectivity index (χ0v) is 77.3. The maximum absolute atomic E-state index is 12.8. The number of nitrogens with two attached hydrogens (primary N) is 3. The summed E-state index contributed by atoms with van der Waals surface area (Å²) in [6.07, 6.45) is 21.4. The van der Waals surface area contributed by atoms with Gasteiger partial charge < -0.3 is 79.3 Å². The van der Waals surface area contributed by atoms with Crippen molar-refractivity contribution in [2.75, 3.05) is 83.7 Å². The van der Waals surface area contributed by atoms with Crippen molar-refractivity contribution in [2.24, 2.45) is 0 Å². The highest BCUT2D eigenvalue weighted by Crippen LogP contribution is 2.47. The molecule has 676 valence electrons. The number of benzene rings is 6. The number of amides is 3. The maximum Gasteiger partial charge on any atom is 0.448 e. The van der Waals surface area contributed by atoms with E-state index in [-0.39, 0.29) is 42.0 Å². The molecule has 0 radical (unpaired) electrons. The Labute approximate surface area is 763 Å². The van der Waals surface area contributed by atoms with E-state index in [0.717, 1.165) is 175 Å². The summed E-state index contributed by atoms with van der Waals surface area (Å²) in [5.74, 6) is 6.23. The molecule has 9 heterocycles. The number of ketones is 1. The molecule has 6 aromatic heterocycles. The summed E-state index contributed by atoms with van der Waals surface area (Å²) in [7, 11) is 3.06. The van der Waals surface area contributed by atoms with Crippen LogP contribution in [0.4, 0.5) is 27.0 Å². The first-order valence-electron chi connectivity index (χ1n) is 44.2. The lowest BCUT2D eigenvalue weighted by Gasteiger charge is -2.34. The second kappa shape index (κ2) is 42.6. The second-order valence-electron chi connectivity index (χ2n) is 35.2. The standard InChI is InChI=1S/C32H36N6O2.C29H33N5O3.C28H30BrN5O3.C9H15NO.CH5BO2/c1-22-29(23-10-14-27(15-11-23)40-26-7-4-3-5-8-26)30-31(33)34-21-35-32(30)38(22)25-16-19-37(20-17-25)28(39)9-6-18-36(2)24-12-13-24;1-19-24(20-10-12-23(13-11-20)36-22-8-6-5-7-9-22)25-26(30)31-18-32-27(25)34(19)21-14-16-33(17-15-21)28(35)37-29(2,3)4;1-28(2,3)37-27(35)33-15-13-19(14-16-33)34-24(29)22(23-25(30)31-17-32-26(23)34)18-9-11-21(12-10-18)36-20-7-5-4-6-8-20;1-8(11)4-3-7-10(2)9-5-6-9;1-2(3)4/h3-11,14-15,21,24-25H,12-13,16-20H2,1-2H3,(H2,33,34,35);5-13,18,21H,14-17H2,1-4H3,(H2,30,31,32);4-12,17,19H,13-16H2,1-3H3,(H2,30,31,32);3-4,9H,5-7H2,1-2H3;3-4H,1H3/b9-6+;;;4-3+;. The predicted octanol–water partition coefficient (Wildman–Crippen LogP) is 19.1. The Balaban J connectivity index is 0.000000152. The maximum atomic E-state index is 12.8. The van der Waals surface area contributed by atoms with Crippen molar-refractivity contribution in [1.82, 2.24) is 68.1 Å². The molecule has 3 amide bonds. The number of likely N-dealkylation sites (tertiary alicyclic amines) is 3. The molecule has 3 saturated heterocycles. The number of fused-ring (bicyclic) bond motifs is 3. The van der Waals surface area contributed by atoms with Gasteiger partial charge in [0.05, 0.1) is 20.8 Å². The molecular weight excluding hydrogens is 1690 g/mol. The first kappa shape index (κ1) is 94.1. The highest BCUT2D eigenvalue weighted by Gasteiger charge is 2.36. The van der Waals surface area contributed by atoms with E-state index in [2.05, 4.69) is 109 Å². The van der Waals surface area contributed by atoms with Gasteiger partial charge in [0.15, 0.2) is 5.78 Å². The van der Waals surface area contributed by atoms with E-state index < -0.39 is 18.3 Å². The molecule has 28 nitrogen and oxygen atoms in total. The van der Waals surface area contributed by atoms with E-state index in [9.17, 15) is 19.2 Å². The molecule has 0 bridgehead atoms. The molecule has 0 spiro atoms. The fraction of sp³-hybridized carbons (Fsp3) is 0.374. The average Bonchev–Trinajstić information content (AvgIpc) is 1.60. The summed E-state index contributed by atoms with van der Waals surface area (Å²) in [6, 6.07) is 55.2. The van der Waals surface area contributed by atoms with Gasteiger partial charge in [-0.1, -0.05) is 103 Å². The van der Waals surface area contributed by atoms with Crippen molar-refractivity contribution < 1.29 is 52.9 Å².